The van der Waals surface area contributed by atoms with Crippen molar-refractivity contribution in [3.63, 3.8) is 0 Å². The normalized spacial score (nSPS) is 9.80. The van der Waals surface area contributed by atoms with E-state index in [0.717, 1.165) is 18.5 Å². The zero-order valence-electron chi connectivity index (χ0n) is 5.71. The molecule has 0 N–H and O–H groups in total. The first-order chi connectivity index (χ1) is 4.84. The summed E-state index contributed by atoms with van der Waals surface area (Å²) >= 11 is 5.69. The molecule has 0 spiro atoms. The molecule has 4 heteroatoms. The molecule has 1 aromatic rings. The fraction of sp³-hybridized carbons (Fsp3) is 0.500. The maximum Gasteiger partial charge on any atom is 0.154 e. The molecule has 54 valence electrons. The largest absolute Gasteiger partial charge is 0.221 e. The van der Waals surface area contributed by atoms with Crippen LogP contribution in [0.5, 0.6) is 0 Å². The Kier molecular flexibility index (Phi) is 2.57. The van der Waals surface area contributed by atoms with Gasteiger partial charge in [0.2, 0.25) is 0 Å². The molecule has 0 aromatic carbocycles. The third-order valence-electron chi connectivity index (χ3n) is 1.13. The van der Waals surface area contributed by atoms with Gasteiger partial charge in [0.25, 0.3) is 0 Å². The average Bonchev–Trinajstić information content (AvgIpc) is 1.94. The fourth-order valence-corrected chi connectivity index (χ4v) is 0.854. The van der Waals surface area contributed by atoms with Crippen molar-refractivity contribution in [3.8, 4) is 0 Å². The van der Waals surface area contributed by atoms with E-state index in [2.05, 4.69) is 22.1 Å². The third kappa shape index (κ3) is 1.64. The van der Waals surface area contributed by atoms with E-state index in [1.165, 1.54) is 6.33 Å². The number of hydrogen-bond donors (Lipinski definition) is 0. The zero-order valence-corrected chi connectivity index (χ0v) is 6.47. The molecule has 3 nitrogen and oxygen atoms in total. The molecular weight excluding hydrogens is 150 g/mol. The molecule has 0 aliphatic rings. The summed E-state index contributed by atoms with van der Waals surface area (Å²) in [4.78, 5) is 3.79. The van der Waals surface area contributed by atoms with E-state index in [1.807, 2.05) is 0 Å². The molecule has 0 unspecified atom stereocenters. The van der Waals surface area contributed by atoms with E-state index in [4.69, 9.17) is 11.6 Å². The Bertz CT molecular complexity index is 214. The van der Waals surface area contributed by atoms with Crippen molar-refractivity contribution >= 4 is 11.6 Å². The third-order valence-corrected chi connectivity index (χ3v) is 1.44. The second-order valence-electron chi connectivity index (χ2n) is 1.95. The summed E-state index contributed by atoms with van der Waals surface area (Å²) in [5.74, 6) is 0. The fourth-order valence-electron chi connectivity index (χ4n) is 0.678. The van der Waals surface area contributed by atoms with Gasteiger partial charge in [-0.15, -0.1) is 5.10 Å². The van der Waals surface area contributed by atoms with Crippen LogP contribution in [0.2, 0.25) is 5.15 Å². The van der Waals surface area contributed by atoms with Gasteiger partial charge in [-0.1, -0.05) is 24.9 Å². The van der Waals surface area contributed by atoms with Gasteiger partial charge in [-0.25, -0.2) is 4.98 Å². The van der Waals surface area contributed by atoms with Gasteiger partial charge in [-0.2, -0.15) is 5.10 Å². The predicted molar refractivity (Wildman–Crippen MR) is 38.8 cm³/mol. The minimum absolute atomic E-state index is 0.469. The molecule has 1 rings (SSSR count). The highest BCUT2D eigenvalue weighted by molar-refractivity contribution is 6.29. The van der Waals surface area contributed by atoms with Crippen LogP contribution in [0.15, 0.2) is 6.33 Å². The Balaban J connectivity index is 2.81. The molecule has 10 heavy (non-hydrogen) atoms. The standard InChI is InChI=1S/C6H8ClN3/c1-2-3-5-6(7)8-4-9-10-5/h4H,2-3H2,1H3. The highest BCUT2D eigenvalue weighted by Gasteiger charge is 1.99. The van der Waals surface area contributed by atoms with Gasteiger partial charge in [0, 0.05) is 0 Å². The molecule has 0 atom stereocenters. The van der Waals surface area contributed by atoms with Crippen molar-refractivity contribution in [1.82, 2.24) is 15.2 Å². The van der Waals surface area contributed by atoms with E-state index in [1.54, 1.807) is 0 Å². The zero-order chi connectivity index (χ0) is 7.40. The van der Waals surface area contributed by atoms with Crippen LogP contribution in [0.4, 0.5) is 0 Å². The lowest BCUT2D eigenvalue weighted by Crippen LogP contribution is -1.94. The Morgan fingerprint density at radius 1 is 1.60 bits per heavy atom. The van der Waals surface area contributed by atoms with Gasteiger partial charge >= 0.3 is 0 Å². The van der Waals surface area contributed by atoms with E-state index in [-0.39, 0.29) is 0 Å². The number of aryl methyl sites for hydroxylation is 1. The number of halogens is 1. The molecule has 0 bridgehead atoms. The highest BCUT2D eigenvalue weighted by Crippen LogP contribution is 2.08. The molecule has 0 fully saturated rings. The molecule has 0 aliphatic carbocycles. The first-order valence-corrected chi connectivity index (χ1v) is 3.54. The first-order valence-electron chi connectivity index (χ1n) is 3.16. The van der Waals surface area contributed by atoms with Crippen LogP contribution in [0.1, 0.15) is 19.0 Å². The number of nitrogens with zero attached hydrogens (tertiary/aromatic N) is 3. The Morgan fingerprint density at radius 3 is 3.00 bits per heavy atom. The van der Waals surface area contributed by atoms with Crippen LogP contribution >= 0.6 is 11.6 Å². The summed E-state index contributed by atoms with van der Waals surface area (Å²) in [5.41, 5.74) is 0.784. The molecule has 0 aliphatic heterocycles. The molecule has 0 saturated carbocycles. The van der Waals surface area contributed by atoms with Crippen molar-refractivity contribution < 1.29 is 0 Å². The molecule has 0 saturated heterocycles. The van der Waals surface area contributed by atoms with Crippen LogP contribution in [0.25, 0.3) is 0 Å². The van der Waals surface area contributed by atoms with Crippen molar-refractivity contribution in [2.45, 2.75) is 19.8 Å². The van der Waals surface area contributed by atoms with Crippen molar-refractivity contribution in [3.05, 3.63) is 17.2 Å². The highest BCUT2D eigenvalue weighted by atomic mass is 35.5. The second kappa shape index (κ2) is 3.46. The molecule has 1 aromatic heterocycles. The maximum atomic E-state index is 5.69. The molecule has 0 radical (unpaired) electrons. The summed E-state index contributed by atoms with van der Waals surface area (Å²) in [7, 11) is 0. The van der Waals surface area contributed by atoms with E-state index in [0.29, 0.717) is 5.15 Å². The van der Waals surface area contributed by atoms with Gasteiger partial charge < -0.3 is 0 Å². The van der Waals surface area contributed by atoms with Crippen LogP contribution < -0.4 is 0 Å². The molecular formula is C6H8ClN3. The summed E-state index contributed by atoms with van der Waals surface area (Å²) in [6.07, 6.45) is 3.21. The Labute approximate surface area is 64.5 Å². The van der Waals surface area contributed by atoms with Crippen LogP contribution in [0, 0.1) is 0 Å². The van der Waals surface area contributed by atoms with E-state index in [9.17, 15) is 0 Å². The number of hydrogen-bond acceptors (Lipinski definition) is 3. The monoisotopic (exact) mass is 157 g/mol. The van der Waals surface area contributed by atoms with Crippen LogP contribution in [0.3, 0.4) is 0 Å². The lowest BCUT2D eigenvalue weighted by atomic mass is 10.3. The van der Waals surface area contributed by atoms with Gasteiger partial charge in [-0.3, -0.25) is 0 Å². The van der Waals surface area contributed by atoms with Crippen LogP contribution in [-0.2, 0) is 6.42 Å². The smallest absolute Gasteiger partial charge is 0.154 e. The number of rotatable bonds is 2. The minimum Gasteiger partial charge on any atom is -0.221 e. The summed E-state index contributed by atoms with van der Waals surface area (Å²) in [5, 5.41) is 7.91. The predicted octanol–water partition coefficient (Wildman–Crippen LogP) is 1.48. The van der Waals surface area contributed by atoms with Gasteiger partial charge in [0.15, 0.2) is 5.15 Å². The Morgan fingerprint density at radius 2 is 2.40 bits per heavy atom. The van der Waals surface area contributed by atoms with E-state index >= 15 is 0 Å². The van der Waals surface area contributed by atoms with Gasteiger partial charge in [0.05, 0.1) is 0 Å². The van der Waals surface area contributed by atoms with Crippen LogP contribution in [-0.4, -0.2) is 15.2 Å². The summed E-state index contributed by atoms with van der Waals surface area (Å²) in [6, 6.07) is 0. The SMILES string of the molecule is CCCc1nncnc1Cl. The maximum absolute atomic E-state index is 5.69. The quantitative estimate of drug-likeness (QED) is 0.653. The lowest BCUT2D eigenvalue weighted by molar-refractivity contribution is 0.816. The topological polar surface area (TPSA) is 38.7 Å². The summed E-state index contributed by atoms with van der Waals surface area (Å²) < 4.78 is 0. The summed E-state index contributed by atoms with van der Waals surface area (Å²) in [6.45, 7) is 2.06. The van der Waals surface area contributed by atoms with Crippen molar-refractivity contribution in [2.75, 3.05) is 0 Å². The number of aromatic nitrogens is 3. The Hall–Kier alpha value is -0.700. The second-order valence-corrected chi connectivity index (χ2v) is 2.31. The van der Waals surface area contributed by atoms with Crippen molar-refractivity contribution in [1.29, 1.82) is 0 Å². The average molecular weight is 158 g/mol. The lowest BCUT2D eigenvalue weighted by Gasteiger charge is -1.95. The first kappa shape index (κ1) is 7.41. The van der Waals surface area contributed by atoms with Gasteiger partial charge in [0.1, 0.15) is 12.0 Å². The van der Waals surface area contributed by atoms with Crippen molar-refractivity contribution in [2.24, 2.45) is 0 Å². The molecule has 1 heterocycles. The van der Waals surface area contributed by atoms with E-state index < -0.39 is 0 Å². The van der Waals surface area contributed by atoms with Gasteiger partial charge in [-0.05, 0) is 6.42 Å². The minimum atomic E-state index is 0.469. The molecule has 0 amide bonds.